The summed E-state index contributed by atoms with van der Waals surface area (Å²) in [4.78, 5) is 14.1. The van der Waals surface area contributed by atoms with Gasteiger partial charge < -0.3 is 14.5 Å². The van der Waals surface area contributed by atoms with Crippen molar-refractivity contribution < 1.29 is 76.9 Å². The normalized spacial score (nSPS) is 9.56. The molecule has 1 heterocycles. The van der Waals surface area contributed by atoms with Crippen LogP contribution in [0.15, 0.2) is 28.7 Å². The van der Waals surface area contributed by atoms with Crippen LogP contribution in [0.1, 0.15) is 10.5 Å². The summed E-state index contributed by atoms with van der Waals surface area (Å²) in [5, 5.41) is 8.74. The summed E-state index contributed by atoms with van der Waals surface area (Å²) >= 11 is 0. The van der Waals surface area contributed by atoms with Gasteiger partial charge in [0.1, 0.15) is 12.2 Å². The van der Waals surface area contributed by atoms with Crippen molar-refractivity contribution in [2.75, 3.05) is 0 Å². The molecule has 1 aromatic heterocycles. The number of halogens is 1. The third kappa shape index (κ3) is 2.65. The average Bonchev–Trinajstić information content (AvgIpc) is 2.67. The van der Waals surface area contributed by atoms with Gasteiger partial charge in [0.25, 0.3) is 5.97 Å². The second-order valence-corrected chi connectivity index (χ2v) is 2.77. The number of carbonyl (C=O) groups is 1. The third-order valence-corrected chi connectivity index (χ3v) is 1.84. The minimum atomic E-state index is -1.28. The van der Waals surface area contributed by atoms with Crippen LogP contribution < -0.4 is 58.2 Å². The van der Waals surface area contributed by atoms with Gasteiger partial charge in [0.15, 0.2) is 0 Å². The Bertz CT molecular complexity index is 512. The SMILES string of the molecule is O=C(O)c1n[c-]oc1-c1ccccc1F.[Rb+]. The number of hydrogen-bond acceptors (Lipinski definition) is 3. The van der Waals surface area contributed by atoms with Crippen LogP contribution in [0.4, 0.5) is 4.39 Å². The van der Waals surface area contributed by atoms with E-state index in [1.165, 1.54) is 18.2 Å². The van der Waals surface area contributed by atoms with E-state index in [9.17, 15) is 9.18 Å². The largest absolute Gasteiger partial charge is 1.00 e. The van der Waals surface area contributed by atoms with Crippen molar-refractivity contribution in [2.45, 2.75) is 0 Å². The molecule has 0 aliphatic heterocycles. The van der Waals surface area contributed by atoms with Crippen LogP contribution in [0.5, 0.6) is 0 Å². The van der Waals surface area contributed by atoms with Gasteiger partial charge in [-0.2, -0.15) is 0 Å². The number of rotatable bonds is 2. The molecule has 0 atom stereocenters. The van der Waals surface area contributed by atoms with Crippen LogP contribution in [0.25, 0.3) is 11.3 Å². The Labute approximate surface area is 139 Å². The van der Waals surface area contributed by atoms with E-state index in [-0.39, 0.29) is 75.2 Å². The Morgan fingerprint density at radius 3 is 2.75 bits per heavy atom. The quantitative estimate of drug-likeness (QED) is 0.720. The molecule has 0 aliphatic carbocycles. The molecule has 0 fully saturated rings. The van der Waals surface area contributed by atoms with Gasteiger partial charge in [-0.05, 0) is 11.6 Å². The zero-order valence-corrected chi connectivity index (χ0v) is 13.3. The Kier molecular flexibility index (Phi) is 4.98. The van der Waals surface area contributed by atoms with Gasteiger partial charge in [0, 0.05) is 11.5 Å². The van der Waals surface area contributed by atoms with Crippen molar-refractivity contribution >= 4 is 5.97 Å². The number of carboxylic acids is 1. The molecule has 0 saturated carbocycles. The summed E-state index contributed by atoms with van der Waals surface area (Å²) < 4.78 is 18.0. The van der Waals surface area contributed by atoms with Gasteiger partial charge >= 0.3 is 58.2 Å². The van der Waals surface area contributed by atoms with E-state index in [0.29, 0.717) is 0 Å². The molecule has 4 nitrogen and oxygen atoms in total. The van der Waals surface area contributed by atoms with Crippen LogP contribution in [-0.4, -0.2) is 16.1 Å². The maximum atomic E-state index is 13.3. The van der Waals surface area contributed by atoms with Crippen LogP contribution in [0, 0.1) is 12.2 Å². The van der Waals surface area contributed by atoms with Crippen LogP contribution >= 0.6 is 0 Å². The Balaban J connectivity index is 0.00000128. The van der Waals surface area contributed by atoms with Crippen molar-refractivity contribution in [1.29, 1.82) is 0 Å². The first-order valence-corrected chi connectivity index (χ1v) is 4.05. The van der Waals surface area contributed by atoms with E-state index in [0.717, 1.165) is 0 Å². The summed E-state index contributed by atoms with van der Waals surface area (Å²) in [6.45, 7) is 0. The molecule has 2 aromatic rings. The second-order valence-electron chi connectivity index (χ2n) is 2.77. The first-order valence-electron chi connectivity index (χ1n) is 4.05. The van der Waals surface area contributed by atoms with Crippen LogP contribution in [0.3, 0.4) is 0 Å². The van der Waals surface area contributed by atoms with E-state index in [4.69, 9.17) is 9.52 Å². The molecular weight excluding hydrogens is 287 g/mol. The van der Waals surface area contributed by atoms with E-state index >= 15 is 0 Å². The minimum absolute atomic E-state index is 0. The zero-order chi connectivity index (χ0) is 10.8. The van der Waals surface area contributed by atoms with Gasteiger partial charge in [0.05, 0.1) is 0 Å². The zero-order valence-electron chi connectivity index (χ0n) is 8.40. The van der Waals surface area contributed by atoms with Gasteiger partial charge in [-0.15, -0.1) is 0 Å². The molecule has 76 valence electrons. The Morgan fingerprint density at radius 2 is 2.12 bits per heavy atom. The number of carboxylic acid groups (broad SMARTS) is 1. The van der Waals surface area contributed by atoms with Gasteiger partial charge in [0.2, 0.25) is 0 Å². The third-order valence-electron chi connectivity index (χ3n) is 1.84. The van der Waals surface area contributed by atoms with Crippen molar-refractivity contribution in [3.05, 3.63) is 42.2 Å². The van der Waals surface area contributed by atoms with Gasteiger partial charge in [-0.3, -0.25) is 4.79 Å². The Morgan fingerprint density at radius 1 is 1.44 bits per heavy atom. The fourth-order valence-electron chi connectivity index (χ4n) is 1.19. The summed E-state index contributed by atoms with van der Waals surface area (Å²) in [7, 11) is 0. The monoisotopic (exact) mass is 291 g/mol. The maximum absolute atomic E-state index is 13.3. The average molecular weight is 292 g/mol. The molecule has 0 bridgehead atoms. The van der Waals surface area contributed by atoms with E-state index < -0.39 is 11.8 Å². The second kappa shape index (κ2) is 5.81. The molecule has 6 heteroatoms. The van der Waals surface area contributed by atoms with Crippen molar-refractivity contribution in [1.82, 2.24) is 4.98 Å². The van der Waals surface area contributed by atoms with Crippen molar-refractivity contribution in [3.8, 4) is 11.3 Å². The fraction of sp³-hybridized carbons (Fsp3) is 0. The maximum Gasteiger partial charge on any atom is 1.00 e. The summed E-state index contributed by atoms with van der Waals surface area (Å²) in [6.07, 6.45) is 2.03. The standard InChI is InChI=1S/C10H5FNO3.Rb/c11-7-4-2-1-3-6(7)9-8(10(13)14)12-5-15-9;/h1-4H,(H,13,14);/q-1;+1. The minimum Gasteiger partial charge on any atom is -0.572 e. The number of benzene rings is 1. The summed E-state index contributed by atoms with van der Waals surface area (Å²) in [5.74, 6) is -1.97. The molecule has 1 N–H and O–H groups in total. The molecule has 0 amide bonds. The predicted octanol–water partition coefficient (Wildman–Crippen LogP) is -1.02. The summed E-state index contributed by atoms with van der Waals surface area (Å²) in [6, 6.07) is 5.70. The van der Waals surface area contributed by atoms with E-state index in [2.05, 4.69) is 4.98 Å². The first kappa shape index (κ1) is 13.7. The smallest absolute Gasteiger partial charge is 0.572 e. The Hall–Kier alpha value is -0.365. The molecule has 0 saturated heterocycles. The van der Waals surface area contributed by atoms with Gasteiger partial charge in [-0.25, -0.2) is 4.39 Å². The number of oxazole rings is 1. The fourth-order valence-corrected chi connectivity index (χ4v) is 1.19. The molecule has 0 unspecified atom stereocenters. The molecule has 0 aliphatic rings. The van der Waals surface area contributed by atoms with Crippen molar-refractivity contribution in [2.24, 2.45) is 0 Å². The summed E-state index contributed by atoms with van der Waals surface area (Å²) in [5.41, 5.74) is -0.288. The van der Waals surface area contributed by atoms with Gasteiger partial charge in [-0.1, -0.05) is 18.2 Å². The molecule has 16 heavy (non-hydrogen) atoms. The molecule has 1 aromatic carbocycles. The predicted molar refractivity (Wildman–Crippen MR) is 47.7 cm³/mol. The molecule has 0 radical (unpaired) electrons. The topological polar surface area (TPSA) is 63.3 Å². The van der Waals surface area contributed by atoms with E-state index in [1.807, 2.05) is 6.39 Å². The first-order chi connectivity index (χ1) is 7.20. The van der Waals surface area contributed by atoms with Crippen LogP contribution in [-0.2, 0) is 0 Å². The number of aromatic nitrogens is 1. The van der Waals surface area contributed by atoms with Crippen LogP contribution in [0.2, 0.25) is 0 Å². The molecule has 2 rings (SSSR count). The number of nitrogens with zero attached hydrogens (tertiary/aromatic N) is 1. The number of aromatic carboxylic acids is 1. The van der Waals surface area contributed by atoms with E-state index in [1.54, 1.807) is 6.07 Å². The number of hydrogen-bond donors (Lipinski definition) is 1. The molecule has 0 spiro atoms. The van der Waals surface area contributed by atoms with Crippen molar-refractivity contribution in [3.63, 3.8) is 0 Å². The molecular formula is C10H5FNO3Rb.